The van der Waals surface area contributed by atoms with Crippen LogP contribution in [0.1, 0.15) is 39.5 Å². The molecule has 1 amide bonds. The Labute approximate surface area is 169 Å². The van der Waals surface area contributed by atoms with E-state index in [1.54, 1.807) is 23.5 Å². The number of nitrogens with one attached hydrogen (secondary N) is 2. The second-order valence-corrected chi connectivity index (χ2v) is 7.68. The molecular formula is C21H18F3N3OS. The smallest absolute Gasteiger partial charge is 0.322 e. The number of nitrogens with zero attached hydrogens (tertiary/aromatic N) is 1. The maximum atomic E-state index is 12.8. The second kappa shape index (κ2) is 7.96. The summed E-state index contributed by atoms with van der Waals surface area (Å²) in [4.78, 5) is 16.5. The molecule has 2 aromatic carbocycles. The summed E-state index contributed by atoms with van der Waals surface area (Å²) in [5.74, 6) is -0.153. The first-order valence-corrected chi connectivity index (χ1v) is 10.0. The number of halogens is 3. The predicted molar refractivity (Wildman–Crippen MR) is 106 cm³/mol. The molecule has 0 saturated heterocycles. The Kier molecular flexibility index (Phi) is 5.38. The van der Waals surface area contributed by atoms with E-state index in [4.69, 9.17) is 0 Å². The molecule has 1 heterocycles. The van der Waals surface area contributed by atoms with E-state index in [2.05, 4.69) is 15.6 Å². The van der Waals surface area contributed by atoms with Crippen molar-refractivity contribution in [2.45, 2.75) is 31.1 Å². The molecule has 0 aliphatic heterocycles. The Morgan fingerprint density at radius 1 is 1.17 bits per heavy atom. The molecule has 0 bridgehead atoms. The SMILES string of the molecule is O=C(Nc1ccc(C2CC2NCc2cscn2)cc1)c1cccc(C(F)(F)F)c1. The van der Waals surface area contributed by atoms with E-state index in [1.807, 2.05) is 23.0 Å². The molecule has 8 heteroatoms. The average Bonchev–Trinajstić information content (AvgIpc) is 3.29. The van der Waals surface area contributed by atoms with Gasteiger partial charge in [0.05, 0.1) is 16.8 Å². The van der Waals surface area contributed by atoms with Gasteiger partial charge in [-0.05, 0) is 42.3 Å². The maximum absolute atomic E-state index is 12.8. The number of amides is 1. The summed E-state index contributed by atoms with van der Waals surface area (Å²) >= 11 is 1.57. The predicted octanol–water partition coefficient (Wildman–Crippen LogP) is 5.06. The summed E-state index contributed by atoms with van der Waals surface area (Å²) in [5, 5.41) is 8.15. The van der Waals surface area contributed by atoms with Crippen molar-refractivity contribution in [3.05, 3.63) is 81.8 Å². The fourth-order valence-electron chi connectivity index (χ4n) is 3.20. The highest BCUT2D eigenvalue weighted by molar-refractivity contribution is 7.07. The van der Waals surface area contributed by atoms with Crippen LogP contribution in [0.3, 0.4) is 0 Å². The van der Waals surface area contributed by atoms with Gasteiger partial charge in [-0.25, -0.2) is 4.98 Å². The number of carbonyl (C=O) groups is 1. The van der Waals surface area contributed by atoms with Crippen LogP contribution in [0.4, 0.5) is 18.9 Å². The van der Waals surface area contributed by atoms with Crippen LogP contribution in [0, 0.1) is 0 Å². The molecule has 150 valence electrons. The second-order valence-electron chi connectivity index (χ2n) is 6.96. The molecule has 1 fully saturated rings. The number of alkyl halides is 3. The molecule has 1 aliphatic carbocycles. The van der Waals surface area contributed by atoms with Gasteiger partial charge in [0.25, 0.3) is 5.91 Å². The third kappa shape index (κ3) is 4.83. The average molecular weight is 417 g/mol. The lowest BCUT2D eigenvalue weighted by molar-refractivity contribution is -0.137. The largest absolute Gasteiger partial charge is 0.416 e. The zero-order valence-electron chi connectivity index (χ0n) is 15.2. The van der Waals surface area contributed by atoms with Crippen LogP contribution in [-0.2, 0) is 12.7 Å². The minimum absolute atomic E-state index is 0.0302. The fourth-order valence-corrected chi connectivity index (χ4v) is 3.76. The first-order valence-electron chi connectivity index (χ1n) is 9.09. The Morgan fingerprint density at radius 3 is 2.66 bits per heavy atom. The van der Waals surface area contributed by atoms with Gasteiger partial charge in [0.2, 0.25) is 0 Å². The topological polar surface area (TPSA) is 54.0 Å². The zero-order valence-corrected chi connectivity index (χ0v) is 16.1. The molecule has 4 rings (SSSR count). The minimum Gasteiger partial charge on any atom is -0.322 e. The zero-order chi connectivity index (χ0) is 20.4. The molecule has 1 aliphatic rings. The van der Waals surface area contributed by atoms with E-state index in [1.165, 1.54) is 12.1 Å². The molecule has 3 aromatic rings. The van der Waals surface area contributed by atoms with Crippen LogP contribution in [-0.4, -0.2) is 16.9 Å². The van der Waals surface area contributed by atoms with Crippen LogP contribution in [0.25, 0.3) is 0 Å². The van der Waals surface area contributed by atoms with Crippen LogP contribution >= 0.6 is 11.3 Å². The van der Waals surface area contributed by atoms with Crippen molar-refractivity contribution in [1.29, 1.82) is 0 Å². The minimum atomic E-state index is -4.48. The van der Waals surface area contributed by atoms with Crippen molar-refractivity contribution >= 4 is 22.9 Å². The summed E-state index contributed by atoms with van der Waals surface area (Å²) in [6.07, 6.45) is -3.44. The Bertz CT molecular complexity index is 987. The van der Waals surface area contributed by atoms with Gasteiger partial charge < -0.3 is 10.6 Å². The molecule has 1 aromatic heterocycles. The van der Waals surface area contributed by atoms with Gasteiger partial charge in [0, 0.05) is 35.1 Å². The first-order chi connectivity index (χ1) is 13.9. The Morgan fingerprint density at radius 2 is 1.97 bits per heavy atom. The maximum Gasteiger partial charge on any atom is 0.416 e. The van der Waals surface area contributed by atoms with Crippen molar-refractivity contribution < 1.29 is 18.0 Å². The van der Waals surface area contributed by atoms with Crippen molar-refractivity contribution in [3.63, 3.8) is 0 Å². The van der Waals surface area contributed by atoms with Gasteiger partial charge in [-0.1, -0.05) is 18.2 Å². The number of anilines is 1. The lowest BCUT2D eigenvalue weighted by atomic mass is 10.1. The van der Waals surface area contributed by atoms with Crippen LogP contribution in [0.15, 0.2) is 59.4 Å². The molecule has 29 heavy (non-hydrogen) atoms. The summed E-state index contributed by atoms with van der Waals surface area (Å²) in [7, 11) is 0. The number of benzene rings is 2. The number of hydrogen-bond donors (Lipinski definition) is 2. The van der Waals surface area contributed by atoms with Crippen LogP contribution < -0.4 is 10.6 Å². The van der Waals surface area contributed by atoms with Crippen molar-refractivity contribution in [2.24, 2.45) is 0 Å². The lowest BCUT2D eigenvalue weighted by Crippen LogP contribution is -2.17. The number of carbonyl (C=O) groups excluding carboxylic acids is 1. The summed E-state index contributed by atoms with van der Waals surface area (Å²) in [6.45, 7) is 0.746. The normalized spacial score (nSPS) is 18.4. The fraction of sp³-hybridized carbons (Fsp3) is 0.238. The monoisotopic (exact) mass is 417 g/mol. The Hall–Kier alpha value is -2.71. The number of aromatic nitrogens is 1. The van der Waals surface area contributed by atoms with E-state index in [9.17, 15) is 18.0 Å². The van der Waals surface area contributed by atoms with Gasteiger partial charge in [-0.2, -0.15) is 13.2 Å². The third-order valence-corrected chi connectivity index (χ3v) is 5.50. The molecule has 1 saturated carbocycles. The van der Waals surface area contributed by atoms with Gasteiger partial charge in [0.1, 0.15) is 0 Å². The molecule has 4 nitrogen and oxygen atoms in total. The molecule has 0 radical (unpaired) electrons. The van der Waals surface area contributed by atoms with Crippen molar-refractivity contribution in [3.8, 4) is 0 Å². The third-order valence-electron chi connectivity index (χ3n) is 4.87. The first kappa shape index (κ1) is 19.6. The number of rotatable bonds is 6. The summed E-state index contributed by atoms with van der Waals surface area (Å²) < 4.78 is 38.4. The molecule has 2 unspecified atom stereocenters. The standard InChI is InChI=1S/C21H18F3N3OS/c22-21(23,24)15-3-1-2-14(8-15)20(28)27-16-6-4-13(5-7-16)18-9-19(18)25-10-17-11-29-12-26-17/h1-8,11-12,18-19,25H,9-10H2,(H,27,28). The highest BCUT2D eigenvalue weighted by Crippen LogP contribution is 2.41. The van der Waals surface area contributed by atoms with E-state index >= 15 is 0 Å². The van der Waals surface area contributed by atoms with E-state index in [0.717, 1.165) is 36.4 Å². The van der Waals surface area contributed by atoms with E-state index in [0.29, 0.717) is 17.6 Å². The van der Waals surface area contributed by atoms with Crippen LogP contribution in [0.5, 0.6) is 0 Å². The highest BCUT2D eigenvalue weighted by atomic mass is 32.1. The molecule has 2 N–H and O–H groups in total. The van der Waals surface area contributed by atoms with Gasteiger partial charge in [-0.3, -0.25) is 4.79 Å². The van der Waals surface area contributed by atoms with Crippen molar-refractivity contribution in [2.75, 3.05) is 5.32 Å². The molecular weight excluding hydrogens is 399 g/mol. The van der Waals surface area contributed by atoms with Crippen molar-refractivity contribution in [1.82, 2.24) is 10.3 Å². The van der Waals surface area contributed by atoms with E-state index in [-0.39, 0.29) is 5.56 Å². The molecule has 0 spiro atoms. The van der Waals surface area contributed by atoms with E-state index < -0.39 is 17.6 Å². The summed E-state index contributed by atoms with van der Waals surface area (Å²) in [5.41, 5.74) is 3.69. The van der Waals surface area contributed by atoms with Gasteiger partial charge in [-0.15, -0.1) is 11.3 Å². The Balaban J connectivity index is 1.33. The number of thiazole rings is 1. The number of hydrogen-bond acceptors (Lipinski definition) is 4. The molecule has 2 atom stereocenters. The lowest BCUT2D eigenvalue weighted by Gasteiger charge is -2.10. The summed E-state index contributed by atoms with van der Waals surface area (Å²) in [6, 6.07) is 12.2. The van der Waals surface area contributed by atoms with Gasteiger partial charge in [0.15, 0.2) is 0 Å². The van der Waals surface area contributed by atoms with Crippen LogP contribution in [0.2, 0.25) is 0 Å². The van der Waals surface area contributed by atoms with Gasteiger partial charge >= 0.3 is 6.18 Å². The quantitative estimate of drug-likeness (QED) is 0.590. The highest BCUT2D eigenvalue weighted by Gasteiger charge is 2.37.